The van der Waals surface area contributed by atoms with E-state index in [-0.39, 0.29) is 0 Å². The van der Waals surface area contributed by atoms with Gasteiger partial charge in [0.25, 0.3) is 0 Å². The highest BCUT2D eigenvalue weighted by atomic mass is 28.4. The molecule has 0 aliphatic rings. The Bertz CT molecular complexity index is 318. The zero-order chi connectivity index (χ0) is 20.4. The summed E-state index contributed by atoms with van der Waals surface area (Å²) in [5.74, 6) is 0. The first-order chi connectivity index (χ1) is 13.1. The molecule has 0 aliphatic heterocycles. The van der Waals surface area contributed by atoms with Crippen LogP contribution in [0.5, 0.6) is 0 Å². The van der Waals surface area contributed by atoms with Gasteiger partial charge in [-0.05, 0) is 19.3 Å². The van der Waals surface area contributed by atoms with E-state index >= 15 is 0 Å². The molecule has 5 heteroatoms. The fraction of sp³-hybridized carbons (Fsp3) is 1.00. The Hall–Kier alpha value is 0.0569. The van der Waals surface area contributed by atoms with Crippen molar-refractivity contribution < 1.29 is 17.4 Å². The quantitative estimate of drug-likeness (QED) is 0.176. The standard InChI is InChI=1S/C22H50NO3Si/c1-7-9-11-12-13-14-15-16-17-18-19-20-22-23(3,21-10-8-2)27(24-4,25-5)26-6/h7-22H2,1-6H3/q+1. The monoisotopic (exact) mass is 404 g/mol. The molecule has 0 spiro atoms. The van der Waals surface area contributed by atoms with Crippen molar-refractivity contribution in [3.63, 3.8) is 0 Å². The van der Waals surface area contributed by atoms with Gasteiger partial charge in [-0.15, -0.1) is 0 Å². The minimum Gasteiger partial charge on any atom is -0.328 e. The average molecular weight is 405 g/mol. The lowest BCUT2D eigenvalue weighted by Gasteiger charge is -2.43. The molecule has 0 saturated heterocycles. The van der Waals surface area contributed by atoms with E-state index < -0.39 is 8.97 Å². The highest BCUT2D eigenvalue weighted by molar-refractivity contribution is 6.52. The molecule has 0 aliphatic carbocycles. The molecule has 0 heterocycles. The number of unbranched alkanes of at least 4 members (excludes halogenated alkanes) is 12. The molecule has 0 radical (unpaired) electrons. The first-order valence-corrected chi connectivity index (χ1v) is 13.2. The van der Waals surface area contributed by atoms with Crippen LogP contribution in [0.2, 0.25) is 0 Å². The molecule has 0 aromatic carbocycles. The summed E-state index contributed by atoms with van der Waals surface area (Å²) >= 11 is 0. The Kier molecular flexibility index (Phi) is 17.0. The van der Waals surface area contributed by atoms with E-state index in [0.29, 0.717) is 0 Å². The molecular weight excluding hydrogens is 354 g/mol. The molecule has 0 N–H and O–H groups in total. The van der Waals surface area contributed by atoms with Crippen LogP contribution in [-0.4, -0.2) is 54.6 Å². The molecule has 164 valence electrons. The summed E-state index contributed by atoms with van der Waals surface area (Å²) < 4.78 is 18.3. The van der Waals surface area contributed by atoms with Crippen LogP contribution in [0.15, 0.2) is 0 Å². The second-order valence-electron chi connectivity index (χ2n) is 8.22. The van der Waals surface area contributed by atoms with Crippen molar-refractivity contribution in [2.24, 2.45) is 0 Å². The van der Waals surface area contributed by atoms with Crippen LogP contribution in [-0.2, 0) is 13.3 Å². The van der Waals surface area contributed by atoms with Gasteiger partial charge in [0.1, 0.15) is 0 Å². The first-order valence-electron chi connectivity index (χ1n) is 11.6. The van der Waals surface area contributed by atoms with E-state index in [1.165, 1.54) is 89.9 Å². The van der Waals surface area contributed by atoms with Crippen LogP contribution < -0.4 is 0 Å². The van der Waals surface area contributed by atoms with Gasteiger partial charge in [0.05, 0.1) is 20.1 Å². The van der Waals surface area contributed by atoms with E-state index in [1.54, 1.807) is 21.3 Å². The van der Waals surface area contributed by atoms with E-state index in [1.807, 2.05) is 0 Å². The third-order valence-electron chi connectivity index (χ3n) is 5.95. The Labute approximate surface area is 172 Å². The normalized spacial score (nSPS) is 14.4. The Balaban J connectivity index is 4.04. The van der Waals surface area contributed by atoms with Crippen molar-refractivity contribution in [3.05, 3.63) is 0 Å². The Morgan fingerprint density at radius 3 is 1.22 bits per heavy atom. The summed E-state index contributed by atoms with van der Waals surface area (Å²) in [5.41, 5.74) is 0. The maximum atomic E-state index is 5.82. The summed E-state index contributed by atoms with van der Waals surface area (Å²) in [7, 11) is 4.81. The second-order valence-corrected chi connectivity index (χ2v) is 11.6. The van der Waals surface area contributed by atoms with Crippen molar-refractivity contribution in [1.29, 1.82) is 0 Å². The lowest BCUT2D eigenvalue weighted by atomic mass is 10.1. The summed E-state index contributed by atoms with van der Waals surface area (Å²) in [6, 6.07) is 0. The Morgan fingerprint density at radius 1 is 0.519 bits per heavy atom. The van der Waals surface area contributed by atoms with Crippen molar-refractivity contribution in [2.45, 2.75) is 104 Å². The second kappa shape index (κ2) is 17.0. The van der Waals surface area contributed by atoms with Crippen molar-refractivity contribution in [1.82, 2.24) is 0 Å². The topological polar surface area (TPSA) is 27.7 Å². The van der Waals surface area contributed by atoms with Gasteiger partial charge in [0.2, 0.25) is 0 Å². The molecule has 0 amide bonds. The van der Waals surface area contributed by atoms with Gasteiger partial charge in [0.15, 0.2) is 0 Å². The molecule has 1 unspecified atom stereocenters. The van der Waals surface area contributed by atoms with Crippen LogP contribution >= 0.6 is 0 Å². The third kappa shape index (κ3) is 10.4. The molecule has 0 aromatic rings. The summed E-state index contributed by atoms with van der Waals surface area (Å²) in [4.78, 5) is 0. The zero-order valence-corrected chi connectivity index (χ0v) is 20.5. The van der Waals surface area contributed by atoms with Gasteiger partial charge in [-0.3, -0.25) is 0 Å². The molecule has 0 rings (SSSR count). The maximum absolute atomic E-state index is 5.82. The summed E-state index contributed by atoms with van der Waals surface area (Å²) in [6.45, 7) is 6.67. The fourth-order valence-electron chi connectivity index (χ4n) is 4.11. The van der Waals surface area contributed by atoms with Crippen LogP contribution in [0.4, 0.5) is 0 Å². The van der Waals surface area contributed by atoms with Crippen LogP contribution in [0, 0.1) is 0 Å². The van der Waals surface area contributed by atoms with Crippen molar-refractivity contribution in [3.8, 4) is 0 Å². The van der Waals surface area contributed by atoms with Gasteiger partial charge in [-0.1, -0.05) is 84.5 Å². The number of nitrogens with zero attached hydrogens (tertiary/aromatic N) is 1. The molecule has 27 heavy (non-hydrogen) atoms. The highest BCUT2D eigenvalue weighted by Gasteiger charge is 2.61. The third-order valence-corrected chi connectivity index (χ3v) is 9.26. The predicted molar refractivity (Wildman–Crippen MR) is 119 cm³/mol. The highest BCUT2D eigenvalue weighted by Crippen LogP contribution is 2.24. The van der Waals surface area contributed by atoms with Crippen molar-refractivity contribution >= 4 is 8.97 Å². The minimum atomic E-state index is -2.67. The molecule has 0 aromatic heterocycles. The van der Waals surface area contributed by atoms with Gasteiger partial charge in [-0.25, -0.2) is 0 Å². The van der Waals surface area contributed by atoms with E-state index in [0.717, 1.165) is 17.2 Å². The van der Waals surface area contributed by atoms with Gasteiger partial charge in [0, 0.05) is 21.3 Å². The maximum Gasteiger partial charge on any atom is 0.783 e. The molecule has 1 atom stereocenters. The largest absolute Gasteiger partial charge is 0.783 e. The van der Waals surface area contributed by atoms with E-state index in [4.69, 9.17) is 13.3 Å². The predicted octanol–water partition coefficient (Wildman–Crippen LogP) is 6.31. The smallest absolute Gasteiger partial charge is 0.328 e. The molecule has 4 nitrogen and oxygen atoms in total. The van der Waals surface area contributed by atoms with Crippen LogP contribution in [0.1, 0.15) is 104 Å². The number of quaternary nitrogens is 1. The van der Waals surface area contributed by atoms with E-state index in [9.17, 15) is 0 Å². The molecule has 0 saturated carbocycles. The van der Waals surface area contributed by atoms with Gasteiger partial charge in [-0.2, -0.15) is 0 Å². The van der Waals surface area contributed by atoms with Gasteiger partial charge >= 0.3 is 8.97 Å². The Morgan fingerprint density at radius 2 is 0.852 bits per heavy atom. The summed E-state index contributed by atoms with van der Waals surface area (Å²) in [6.07, 6.45) is 18.9. The first kappa shape index (κ1) is 27.1. The van der Waals surface area contributed by atoms with Crippen molar-refractivity contribution in [2.75, 3.05) is 41.5 Å². The molecular formula is C22H50NO3Si+. The molecule has 0 fully saturated rings. The zero-order valence-electron chi connectivity index (χ0n) is 19.5. The minimum absolute atomic E-state index is 0.794. The van der Waals surface area contributed by atoms with Crippen LogP contribution in [0.3, 0.4) is 0 Å². The number of rotatable bonds is 20. The lowest BCUT2D eigenvalue weighted by molar-refractivity contribution is -0.840. The lowest BCUT2D eigenvalue weighted by Crippen LogP contribution is -2.71. The van der Waals surface area contributed by atoms with Gasteiger partial charge < -0.3 is 17.4 Å². The SMILES string of the molecule is CCCCCCCCCCCCCC[N+](C)(CCCC)[Si](OC)(OC)OC. The number of hydrogen-bond acceptors (Lipinski definition) is 3. The van der Waals surface area contributed by atoms with Crippen LogP contribution in [0.25, 0.3) is 0 Å². The summed E-state index contributed by atoms with van der Waals surface area (Å²) in [5, 5.41) is 0. The average Bonchev–Trinajstić information content (AvgIpc) is 2.69. The fourth-order valence-corrected chi connectivity index (χ4v) is 6.79. The van der Waals surface area contributed by atoms with E-state index in [2.05, 4.69) is 20.9 Å². The number of hydrogen-bond donors (Lipinski definition) is 0. The molecule has 0 bridgehead atoms.